The number of benzene rings is 2. The van der Waals surface area contributed by atoms with Crippen molar-refractivity contribution in [3.8, 4) is 0 Å². The lowest BCUT2D eigenvalue weighted by molar-refractivity contribution is 0.548. The van der Waals surface area contributed by atoms with Gasteiger partial charge in [-0.05, 0) is 36.1 Å². The summed E-state index contributed by atoms with van der Waals surface area (Å²) in [6.07, 6.45) is 2.08. The number of nitrogens with one attached hydrogen (secondary N) is 1. The summed E-state index contributed by atoms with van der Waals surface area (Å²) in [7, 11) is 0. The van der Waals surface area contributed by atoms with E-state index in [1.807, 2.05) is 0 Å². The van der Waals surface area contributed by atoms with Crippen LogP contribution in [0.5, 0.6) is 0 Å². The van der Waals surface area contributed by atoms with Gasteiger partial charge in [-0.15, -0.1) is 0 Å². The molecule has 2 aromatic rings. The highest BCUT2D eigenvalue weighted by atomic mass is 14.9. The highest BCUT2D eigenvalue weighted by Crippen LogP contribution is 2.19. The van der Waals surface area contributed by atoms with Gasteiger partial charge in [0.05, 0.1) is 0 Å². The Hall–Kier alpha value is -1.80. The van der Waals surface area contributed by atoms with E-state index in [-0.39, 0.29) is 0 Å². The smallest absolute Gasteiger partial charge is 0.0376 e. The molecule has 0 saturated carbocycles. The van der Waals surface area contributed by atoms with E-state index >= 15 is 0 Å². The highest BCUT2D eigenvalue weighted by Gasteiger charge is 2.06. The minimum absolute atomic E-state index is 0.541. The molecule has 0 bridgehead atoms. The Morgan fingerprint density at radius 1 is 1.00 bits per heavy atom. The van der Waals surface area contributed by atoms with Gasteiger partial charge in [0.15, 0.2) is 0 Å². The average molecular weight is 268 g/mol. The fourth-order valence-corrected chi connectivity index (χ4v) is 2.31. The van der Waals surface area contributed by atoms with E-state index in [9.17, 15) is 0 Å². The standard InChI is InChI=1S/C18H24N2/c1-2-15(13-19)14-20-18-11-7-6-10-17(18)12-16-8-4-3-5-9-16/h3-11,15,20H,2,12-14,19H2,1H3. The molecule has 0 aliphatic rings. The quantitative estimate of drug-likeness (QED) is 0.804. The van der Waals surface area contributed by atoms with Crippen LogP contribution in [0.1, 0.15) is 24.5 Å². The Kier molecular flexibility index (Phi) is 5.63. The molecule has 0 aliphatic carbocycles. The third kappa shape index (κ3) is 4.10. The summed E-state index contributed by atoms with van der Waals surface area (Å²) in [6.45, 7) is 3.87. The molecule has 0 fully saturated rings. The Morgan fingerprint density at radius 3 is 2.40 bits per heavy atom. The molecule has 0 saturated heterocycles. The molecule has 0 aliphatic heterocycles. The van der Waals surface area contributed by atoms with E-state index in [1.165, 1.54) is 16.8 Å². The zero-order valence-corrected chi connectivity index (χ0v) is 12.2. The summed E-state index contributed by atoms with van der Waals surface area (Å²) in [5, 5.41) is 3.56. The molecule has 106 valence electrons. The molecule has 1 unspecified atom stereocenters. The molecule has 0 radical (unpaired) electrons. The molecule has 3 N–H and O–H groups in total. The van der Waals surface area contributed by atoms with Gasteiger partial charge < -0.3 is 11.1 Å². The van der Waals surface area contributed by atoms with Crippen LogP contribution in [0, 0.1) is 5.92 Å². The molecule has 0 spiro atoms. The molecule has 1 atom stereocenters. The first-order chi connectivity index (χ1) is 9.83. The third-order valence-electron chi connectivity index (χ3n) is 3.75. The van der Waals surface area contributed by atoms with Crippen LogP contribution in [0.15, 0.2) is 54.6 Å². The summed E-state index contributed by atoms with van der Waals surface area (Å²) in [4.78, 5) is 0. The van der Waals surface area contributed by atoms with Crippen molar-refractivity contribution in [3.63, 3.8) is 0 Å². The van der Waals surface area contributed by atoms with Gasteiger partial charge in [-0.3, -0.25) is 0 Å². The molecule has 2 aromatic carbocycles. The Balaban J connectivity index is 2.06. The topological polar surface area (TPSA) is 38.0 Å². The number of hydrogen-bond donors (Lipinski definition) is 2. The Bertz CT molecular complexity index is 504. The summed E-state index contributed by atoms with van der Waals surface area (Å²) in [5.41, 5.74) is 9.67. The lowest BCUT2D eigenvalue weighted by Crippen LogP contribution is -2.22. The number of rotatable bonds is 7. The van der Waals surface area contributed by atoms with Crippen LogP contribution in [0.25, 0.3) is 0 Å². The third-order valence-corrected chi connectivity index (χ3v) is 3.75. The number of anilines is 1. The number of nitrogens with two attached hydrogens (primary N) is 1. The van der Waals surface area contributed by atoms with Gasteiger partial charge in [-0.25, -0.2) is 0 Å². The van der Waals surface area contributed by atoms with Gasteiger partial charge >= 0.3 is 0 Å². The van der Waals surface area contributed by atoms with Gasteiger partial charge in [0.25, 0.3) is 0 Å². The van der Waals surface area contributed by atoms with Crippen molar-refractivity contribution in [1.82, 2.24) is 0 Å². The van der Waals surface area contributed by atoms with Crippen molar-refractivity contribution in [2.75, 3.05) is 18.4 Å². The summed E-state index contributed by atoms with van der Waals surface area (Å²) in [5.74, 6) is 0.541. The second kappa shape index (κ2) is 7.71. The molecule has 20 heavy (non-hydrogen) atoms. The Labute approximate surface area is 122 Å². The normalized spacial score (nSPS) is 12.1. The summed E-state index contributed by atoms with van der Waals surface area (Å²) >= 11 is 0. The predicted octanol–water partition coefficient (Wildman–Crippen LogP) is 3.67. The molecule has 0 amide bonds. The van der Waals surface area contributed by atoms with Crippen molar-refractivity contribution >= 4 is 5.69 Å². The van der Waals surface area contributed by atoms with Crippen LogP contribution in [-0.4, -0.2) is 13.1 Å². The fourth-order valence-electron chi connectivity index (χ4n) is 2.31. The van der Waals surface area contributed by atoms with Crippen LogP contribution in [-0.2, 0) is 6.42 Å². The van der Waals surface area contributed by atoms with E-state index in [0.29, 0.717) is 5.92 Å². The molecule has 2 heteroatoms. The highest BCUT2D eigenvalue weighted by molar-refractivity contribution is 5.52. The summed E-state index contributed by atoms with van der Waals surface area (Å²) in [6, 6.07) is 19.1. The molecule has 0 heterocycles. The van der Waals surface area contributed by atoms with Gasteiger partial charge in [0, 0.05) is 12.2 Å². The van der Waals surface area contributed by atoms with Crippen LogP contribution < -0.4 is 11.1 Å². The van der Waals surface area contributed by atoms with Crippen LogP contribution in [0.2, 0.25) is 0 Å². The maximum atomic E-state index is 5.77. The van der Waals surface area contributed by atoms with Crippen LogP contribution in [0.3, 0.4) is 0 Å². The second-order valence-electron chi connectivity index (χ2n) is 5.21. The molecule has 2 nitrogen and oxygen atoms in total. The monoisotopic (exact) mass is 268 g/mol. The maximum absolute atomic E-state index is 5.77. The van der Waals surface area contributed by atoms with Gasteiger partial charge in [-0.2, -0.15) is 0 Å². The first kappa shape index (κ1) is 14.6. The minimum Gasteiger partial charge on any atom is -0.384 e. The molecule has 0 aromatic heterocycles. The molecular weight excluding hydrogens is 244 g/mol. The zero-order chi connectivity index (χ0) is 14.2. The first-order valence-corrected chi connectivity index (χ1v) is 7.39. The zero-order valence-electron chi connectivity index (χ0n) is 12.2. The largest absolute Gasteiger partial charge is 0.384 e. The van der Waals surface area contributed by atoms with E-state index in [0.717, 1.165) is 25.9 Å². The number of hydrogen-bond acceptors (Lipinski definition) is 2. The van der Waals surface area contributed by atoms with E-state index in [2.05, 4.69) is 66.8 Å². The summed E-state index contributed by atoms with van der Waals surface area (Å²) < 4.78 is 0. The molecule has 2 rings (SSSR count). The van der Waals surface area contributed by atoms with Crippen molar-refractivity contribution in [2.45, 2.75) is 19.8 Å². The van der Waals surface area contributed by atoms with Crippen LogP contribution in [0.4, 0.5) is 5.69 Å². The van der Waals surface area contributed by atoms with Crippen LogP contribution >= 0.6 is 0 Å². The average Bonchev–Trinajstić information content (AvgIpc) is 2.51. The lowest BCUT2D eigenvalue weighted by Gasteiger charge is -2.17. The van der Waals surface area contributed by atoms with Gasteiger partial charge in [-0.1, -0.05) is 61.9 Å². The van der Waals surface area contributed by atoms with E-state index in [4.69, 9.17) is 5.73 Å². The van der Waals surface area contributed by atoms with Gasteiger partial charge in [0.1, 0.15) is 0 Å². The second-order valence-corrected chi connectivity index (χ2v) is 5.21. The SMILES string of the molecule is CCC(CN)CNc1ccccc1Cc1ccccc1. The van der Waals surface area contributed by atoms with Crippen molar-refractivity contribution in [3.05, 3.63) is 65.7 Å². The number of para-hydroxylation sites is 1. The maximum Gasteiger partial charge on any atom is 0.0376 e. The molecular formula is C18H24N2. The van der Waals surface area contributed by atoms with Crippen molar-refractivity contribution in [1.29, 1.82) is 0 Å². The fraction of sp³-hybridized carbons (Fsp3) is 0.333. The van der Waals surface area contributed by atoms with E-state index in [1.54, 1.807) is 0 Å². The van der Waals surface area contributed by atoms with Gasteiger partial charge in [0.2, 0.25) is 0 Å². The predicted molar refractivity (Wildman–Crippen MR) is 87.0 cm³/mol. The Morgan fingerprint density at radius 2 is 1.70 bits per heavy atom. The first-order valence-electron chi connectivity index (χ1n) is 7.39. The van der Waals surface area contributed by atoms with E-state index < -0.39 is 0 Å². The van der Waals surface area contributed by atoms with Crippen molar-refractivity contribution < 1.29 is 0 Å². The minimum atomic E-state index is 0.541. The van der Waals surface area contributed by atoms with Crippen molar-refractivity contribution in [2.24, 2.45) is 11.7 Å². The lowest BCUT2D eigenvalue weighted by atomic mass is 10.0.